The van der Waals surface area contributed by atoms with Gasteiger partial charge in [-0.15, -0.1) is 0 Å². The van der Waals surface area contributed by atoms with E-state index < -0.39 is 11.9 Å². The van der Waals surface area contributed by atoms with Crippen LogP contribution in [0.1, 0.15) is 17.2 Å². The Morgan fingerprint density at radius 1 is 1.29 bits per heavy atom. The number of nitrogens with zero attached hydrogens (tertiary/aromatic N) is 1. The summed E-state index contributed by atoms with van der Waals surface area (Å²) in [5, 5.41) is 0.563. The molecule has 0 aliphatic heterocycles. The molecule has 0 saturated heterocycles. The van der Waals surface area contributed by atoms with Crippen LogP contribution in [-0.2, 0) is 0 Å². The second kappa shape index (κ2) is 5.12. The Kier molecular flexibility index (Phi) is 3.76. The molecular weight excluding hydrogens is 307 g/mol. The van der Waals surface area contributed by atoms with Crippen molar-refractivity contribution in [2.75, 3.05) is 0 Å². The van der Waals surface area contributed by atoms with Crippen molar-refractivity contribution in [3.63, 3.8) is 0 Å². The first-order chi connectivity index (χ1) is 8.09. The van der Waals surface area contributed by atoms with E-state index in [1.807, 2.05) is 0 Å². The van der Waals surface area contributed by atoms with Gasteiger partial charge in [0.25, 0.3) is 0 Å². The fraction of sp³-hybridized carbons (Fsp3) is 0.0833. The van der Waals surface area contributed by atoms with Gasteiger partial charge in [-0.1, -0.05) is 27.5 Å². The van der Waals surface area contributed by atoms with Crippen LogP contribution in [0.15, 0.2) is 41.1 Å². The summed E-state index contributed by atoms with van der Waals surface area (Å²) in [5.74, 6) is -0.424. The van der Waals surface area contributed by atoms with Crippen LogP contribution in [0.4, 0.5) is 4.39 Å². The van der Waals surface area contributed by atoms with Crippen LogP contribution in [-0.4, -0.2) is 4.98 Å². The van der Waals surface area contributed by atoms with E-state index in [0.29, 0.717) is 10.6 Å². The summed E-state index contributed by atoms with van der Waals surface area (Å²) in [5.41, 5.74) is 7.16. The minimum atomic E-state index is -0.578. The zero-order valence-electron chi connectivity index (χ0n) is 8.70. The number of halogens is 3. The van der Waals surface area contributed by atoms with Crippen molar-refractivity contribution in [3.8, 4) is 0 Å². The van der Waals surface area contributed by atoms with Crippen LogP contribution in [0.25, 0.3) is 0 Å². The van der Waals surface area contributed by atoms with Gasteiger partial charge < -0.3 is 5.73 Å². The van der Waals surface area contributed by atoms with Crippen LogP contribution >= 0.6 is 27.5 Å². The predicted molar refractivity (Wildman–Crippen MR) is 69.4 cm³/mol. The Hall–Kier alpha value is -0.970. The molecule has 5 heteroatoms. The van der Waals surface area contributed by atoms with Gasteiger partial charge in [-0.05, 0) is 29.8 Å². The van der Waals surface area contributed by atoms with E-state index in [9.17, 15) is 4.39 Å². The zero-order valence-corrected chi connectivity index (χ0v) is 11.0. The minimum Gasteiger partial charge on any atom is -0.320 e. The third-order valence-electron chi connectivity index (χ3n) is 2.43. The molecule has 0 radical (unpaired) electrons. The first kappa shape index (κ1) is 12.5. The lowest BCUT2D eigenvalue weighted by Crippen LogP contribution is -2.14. The van der Waals surface area contributed by atoms with Gasteiger partial charge in [0.15, 0.2) is 0 Å². The first-order valence-electron chi connectivity index (χ1n) is 4.89. The summed E-state index contributed by atoms with van der Waals surface area (Å²) >= 11 is 9.28. The quantitative estimate of drug-likeness (QED) is 0.918. The Bertz CT molecular complexity index is 548. The summed E-state index contributed by atoms with van der Waals surface area (Å²) in [6, 6.07) is 6.23. The van der Waals surface area contributed by atoms with Crippen LogP contribution < -0.4 is 5.73 Å². The van der Waals surface area contributed by atoms with Gasteiger partial charge in [-0.2, -0.15) is 0 Å². The standard InChI is InChI=1S/C12H9BrClFN2/c13-10-2-1-7(14)5-9(10)12(16)8-3-4-17-6-11(8)15/h1-6,12H,16H2. The topological polar surface area (TPSA) is 38.9 Å². The highest BCUT2D eigenvalue weighted by molar-refractivity contribution is 9.10. The van der Waals surface area contributed by atoms with E-state index >= 15 is 0 Å². The van der Waals surface area contributed by atoms with Crippen molar-refractivity contribution in [2.24, 2.45) is 5.73 Å². The van der Waals surface area contributed by atoms with Crippen molar-refractivity contribution in [3.05, 3.63) is 63.1 Å². The number of rotatable bonds is 2. The van der Waals surface area contributed by atoms with E-state index in [-0.39, 0.29) is 0 Å². The third-order valence-corrected chi connectivity index (χ3v) is 3.39. The lowest BCUT2D eigenvalue weighted by atomic mass is 10.0. The molecule has 1 aromatic carbocycles. The van der Waals surface area contributed by atoms with Crippen LogP contribution in [0.5, 0.6) is 0 Å². The summed E-state index contributed by atoms with van der Waals surface area (Å²) in [6.45, 7) is 0. The SMILES string of the molecule is NC(c1ccncc1F)c1cc(Cl)ccc1Br. The maximum atomic E-state index is 13.6. The molecule has 88 valence electrons. The number of hydrogen-bond acceptors (Lipinski definition) is 2. The van der Waals surface area contributed by atoms with Crippen molar-refractivity contribution < 1.29 is 4.39 Å². The largest absolute Gasteiger partial charge is 0.320 e. The Morgan fingerprint density at radius 2 is 2.06 bits per heavy atom. The number of pyridine rings is 1. The minimum absolute atomic E-state index is 0.392. The van der Waals surface area contributed by atoms with Gasteiger partial charge in [0.1, 0.15) is 5.82 Å². The highest BCUT2D eigenvalue weighted by atomic mass is 79.9. The normalized spacial score (nSPS) is 12.5. The summed E-state index contributed by atoms with van der Waals surface area (Å²) < 4.78 is 14.4. The molecule has 0 aliphatic rings. The summed E-state index contributed by atoms with van der Waals surface area (Å²) in [6.07, 6.45) is 2.66. The average Bonchev–Trinajstić information content (AvgIpc) is 2.32. The van der Waals surface area contributed by atoms with Gasteiger partial charge >= 0.3 is 0 Å². The third kappa shape index (κ3) is 2.65. The molecule has 2 nitrogen and oxygen atoms in total. The van der Waals surface area contributed by atoms with Crippen molar-refractivity contribution >= 4 is 27.5 Å². The molecule has 2 N–H and O–H groups in total. The zero-order chi connectivity index (χ0) is 12.4. The first-order valence-corrected chi connectivity index (χ1v) is 6.06. The molecule has 0 saturated carbocycles. The molecule has 1 heterocycles. The van der Waals surface area contributed by atoms with Gasteiger partial charge in [0, 0.05) is 21.3 Å². The van der Waals surface area contributed by atoms with E-state index in [4.69, 9.17) is 17.3 Å². The van der Waals surface area contributed by atoms with Crippen molar-refractivity contribution in [1.29, 1.82) is 0 Å². The summed E-state index contributed by atoms with van der Waals surface area (Å²) in [7, 11) is 0. The number of aromatic nitrogens is 1. The predicted octanol–water partition coefficient (Wildman–Crippen LogP) is 3.68. The second-order valence-electron chi connectivity index (χ2n) is 3.54. The lowest BCUT2D eigenvalue weighted by molar-refractivity contribution is 0.593. The number of hydrogen-bond donors (Lipinski definition) is 1. The number of benzene rings is 1. The fourth-order valence-corrected chi connectivity index (χ4v) is 2.23. The average molecular weight is 316 g/mol. The molecular formula is C12H9BrClFN2. The molecule has 2 aromatic rings. The van der Waals surface area contributed by atoms with E-state index in [0.717, 1.165) is 16.2 Å². The molecule has 0 bridgehead atoms. The van der Waals surface area contributed by atoms with Gasteiger partial charge in [-0.25, -0.2) is 4.39 Å². The number of nitrogens with two attached hydrogens (primary N) is 1. The molecule has 0 amide bonds. The van der Waals surface area contributed by atoms with Gasteiger partial charge in [0.2, 0.25) is 0 Å². The molecule has 1 aromatic heterocycles. The molecule has 0 fully saturated rings. The molecule has 1 atom stereocenters. The molecule has 2 rings (SSSR count). The van der Waals surface area contributed by atoms with E-state index in [1.54, 1.807) is 24.3 Å². The highest BCUT2D eigenvalue weighted by Gasteiger charge is 2.16. The molecule has 0 spiro atoms. The monoisotopic (exact) mass is 314 g/mol. The molecule has 1 unspecified atom stereocenters. The van der Waals surface area contributed by atoms with Crippen LogP contribution in [0.2, 0.25) is 5.02 Å². The Balaban J connectivity index is 2.47. The van der Waals surface area contributed by atoms with E-state index in [2.05, 4.69) is 20.9 Å². The van der Waals surface area contributed by atoms with Gasteiger partial charge in [-0.3, -0.25) is 4.98 Å². The van der Waals surface area contributed by atoms with Crippen LogP contribution in [0, 0.1) is 5.82 Å². The maximum absolute atomic E-state index is 13.6. The highest BCUT2D eigenvalue weighted by Crippen LogP contribution is 2.30. The second-order valence-corrected chi connectivity index (χ2v) is 4.83. The van der Waals surface area contributed by atoms with E-state index in [1.165, 1.54) is 6.20 Å². The summed E-state index contributed by atoms with van der Waals surface area (Å²) in [4.78, 5) is 3.69. The van der Waals surface area contributed by atoms with Crippen LogP contribution in [0.3, 0.4) is 0 Å². The Morgan fingerprint density at radius 3 is 2.76 bits per heavy atom. The van der Waals surface area contributed by atoms with Crippen molar-refractivity contribution in [2.45, 2.75) is 6.04 Å². The fourth-order valence-electron chi connectivity index (χ4n) is 1.56. The maximum Gasteiger partial charge on any atom is 0.146 e. The van der Waals surface area contributed by atoms with Gasteiger partial charge in [0.05, 0.1) is 12.2 Å². The van der Waals surface area contributed by atoms with Crippen molar-refractivity contribution in [1.82, 2.24) is 4.98 Å². The Labute approximate surface area is 112 Å². The smallest absolute Gasteiger partial charge is 0.146 e. The lowest BCUT2D eigenvalue weighted by Gasteiger charge is -2.15. The molecule has 0 aliphatic carbocycles. The molecule has 17 heavy (non-hydrogen) atoms.